The van der Waals surface area contributed by atoms with Crippen LogP contribution in [0.15, 0.2) is 16.6 Å². The molecule has 0 saturated carbocycles. The number of nitrogens with two attached hydrogens (primary N) is 1. The fourth-order valence-electron chi connectivity index (χ4n) is 1.88. The van der Waals surface area contributed by atoms with E-state index in [0.29, 0.717) is 5.25 Å². The molecule has 0 aliphatic carbocycles. The summed E-state index contributed by atoms with van der Waals surface area (Å²) in [7, 11) is 0. The summed E-state index contributed by atoms with van der Waals surface area (Å²) in [6.45, 7) is 2.22. The predicted octanol–water partition coefficient (Wildman–Crippen LogP) is 4.13. The van der Waals surface area contributed by atoms with Gasteiger partial charge in [-0.1, -0.05) is 34.5 Å². The number of rotatable bonds is 0. The quantitative estimate of drug-likeness (QED) is 0.780. The Labute approximate surface area is 108 Å². The van der Waals surface area contributed by atoms with Crippen LogP contribution in [0.2, 0.25) is 5.02 Å². The van der Waals surface area contributed by atoms with Crippen molar-refractivity contribution in [3.63, 3.8) is 0 Å². The van der Waals surface area contributed by atoms with Crippen molar-refractivity contribution in [2.75, 3.05) is 0 Å². The molecule has 1 aliphatic rings. The van der Waals surface area contributed by atoms with Gasteiger partial charge in [-0.2, -0.15) is 11.8 Å². The lowest BCUT2D eigenvalue weighted by Gasteiger charge is -2.14. The van der Waals surface area contributed by atoms with Crippen molar-refractivity contribution < 1.29 is 0 Å². The van der Waals surface area contributed by atoms with Crippen LogP contribution in [-0.4, -0.2) is 5.25 Å². The van der Waals surface area contributed by atoms with E-state index in [0.717, 1.165) is 21.7 Å². The van der Waals surface area contributed by atoms with Crippen molar-refractivity contribution in [1.82, 2.24) is 0 Å². The lowest BCUT2D eigenvalue weighted by molar-refractivity contribution is 0.651. The highest BCUT2D eigenvalue weighted by Crippen LogP contribution is 2.38. The van der Waals surface area contributed by atoms with Gasteiger partial charge in [0.25, 0.3) is 0 Å². The van der Waals surface area contributed by atoms with E-state index in [2.05, 4.69) is 28.9 Å². The van der Waals surface area contributed by atoms with Crippen LogP contribution in [0, 0.1) is 0 Å². The standard InChI is InChI=1S/C11H13BrClNS/c1-6-2-11(14)8-3-7(12)4-10(13)9(8)5-15-6/h3-4,6,11H,2,5,14H2,1H3. The number of thioether (sulfide) groups is 1. The molecular formula is C11H13BrClNS. The van der Waals surface area contributed by atoms with Gasteiger partial charge in [0.05, 0.1) is 0 Å². The number of hydrogen-bond donors (Lipinski definition) is 1. The van der Waals surface area contributed by atoms with E-state index in [4.69, 9.17) is 17.3 Å². The Morgan fingerprint density at radius 1 is 1.53 bits per heavy atom. The fourth-order valence-corrected chi connectivity index (χ4v) is 3.98. The lowest BCUT2D eigenvalue weighted by atomic mass is 9.99. The first-order valence-corrected chi connectivity index (χ1v) is 7.15. The molecule has 0 aromatic heterocycles. The number of hydrogen-bond acceptors (Lipinski definition) is 2. The summed E-state index contributed by atoms with van der Waals surface area (Å²) in [5.41, 5.74) is 8.59. The molecule has 1 aromatic carbocycles. The number of halogens is 2. The Morgan fingerprint density at radius 2 is 2.27 bits per heavy atom. The number of fused-ring (bicyclic) bond motifs is 1. The van der Waals surface area contributed by atoms with E-state index in [9.17, 15) is 0 Å². The Morgan fingerprint density at radius 3 is 3.00 bits per heavy atom. The summed E-state index contributed by atoms with van der Waals surface area (Å²) in [5.74, 6) is 0.969. The average molecular weight is 307 g/mol. The van der Waals surface area contributed by atoms with Crippen LogP contribution in [0.1, 0.15) is 30.5 Å². The van der Waals surface area contributed by atoms with E-state index in [1.165, 1.54) is 11.1 Å². The Balaban J connectivity index is 2.48. The molecular weight excluding hydrogens is 294 g/mol. The molecule has 2 N–H and O–H groups in total. The second-order valence-electron chi connectivity index (χ2n) is 3.92. The van der Waals surface area contributed by atoms with Crippen molar-refractivity contribution in [1.29, 1.82) is 0 Å². The van der Waals surface area contributed by atoms with Crippen LogP contribution in [0.5, 0.6) is 0 Å². The van der Waals surface area contributed by atoms with E-state index < -0.39 is 0 Å². The minimum absolute atomic E-state index is 0.111. The normalized spacial score (nSPS) is 25.9. The molecule has 82 valence electrons. The molecule has 1 aromatic rings. The van der Waals surface area contributed by atoms with Gasteiger partial charge in [-0.15, -0.1) is 0 Å². The van der Waals surface area contributed by atoms with Gasteiger partial charge in [-0.05, 0) is 29.7 Å². The summed E-state index contributed by atoms with van der Waals surface area (Å²) < 4.78 is 1.02. The maximum Gasteiger partial charge on any atom is 0.0460 e. The van der Waals surface area contributed by atoms with Crippen LogP contribution in [0.3, 0.4) is 0 Å². The van der Waals surface area contributed by atoms with Gasteiger partial charge in [-0.25, -0.2) is 0 Å². The third-order valence-electron chi connectivity index (χ3n) is 2.69. The van der Waals surface area contributed by atoms with Gasteiger partial charge in [0.1, 0.15) is 0 Å². The highest BCUT2D eigenvalue weighted by molar-refractivity contribution is 9.10. The van der Waals surface area contributed by atoms with Crippen molar-refractivity contribution >= 4 is 39.3 Å². The summed E-state index contributed by atoms with van der Waals surface area (Å²) in [6.07, 6.45) is 1.02. The van der Waals surface area contributed by atoms with Crippen LogP contribution in [-0.2, 0) is 5.75 Å². The Hall–Kier alpha value is 0.300. The van der Waals surface area contributed by atoms with Crippen molar-refractivity contribution in [3.05, 3.63) is 32.8 Å². The molecule has 0 radical (unpaired) electrons. The maximum absolute atomic E-state index is 6.23. The molecule has 1 heterocycles. The zero-order valence-electron chi connectivity index (χ0n) is 8.47. The summed E-state index contributed by atoms with van der Waals surface area (Å²) in [6, 6.07) is 4.16. The minimum atomic E-state index is 0.111. The highest BCUT2D eigenvalue weighted by Gasteiger charge is 2.22. The Bertz CT molecular complexity index is 383. The van der Waals surface area contributed by atoms with Gasteiger partial charge in [-0.3, -0.25) is 0 Å². The third kappa shape index (κ3) is 2.52. The van der Waals surface area contributed by atoms with Crippen LogP contribution in [0.25, 0.3) is 0 Å². The maximum atomic E-state index is 6.23. The summed E-state index contributed by atoms with van der Waals surface area (Å²) >= 11 is 11.6. The smallest absolute Gasteiger partial charge is 0.0460 e. The van der Waals surface area contributed by atoms with E-state index in [-0.39, 0.29) is 6.04 Å². The van der Waals surface area contributed by atoms with Gasteiger partial charge >= 0.3 is 0 Å². The van der Waals surface area contributed by atoms with E-state index >= 15 is 0 Å². The first kappa shape index (κ1) is 11.8. The topological polar surface area (TPSA) is 26.0 Å². The zero-order valence-corrected chi connectivity index (χ0v) is 11.6. The van der Waals surface area contributed by atoms with Crippen molar-refractivity contribution in [2.24, 2.45) is 5.73 Å². The van der Waals surface area contributed by atoms with Crippen LogP contribution >= 0.6 is 39.3 Å². The van der Waals surface area contributed by atoms with Gasteiger partial charge in [0, 0.05) is 26.5 Å². The molecule has 1 aliphatic heterocycles. The first-order valence-electron chi connectivity index (χ1n) is 4.93. The molecule has 0 saturated heterocycles. The monoisotopic (exact) mass is 305 g/mol. The average Bonchev–Trinajstić information content (AvgIpc) is 2.27. The van der Waals surface area contributed by atoms with Gasteiger partial charge in [0.2, 0.25) is 0 Å². The van der Waals surface area contributed by atoms with E-state index in [1.807, 2.05) is 17.8 Å². The minimum Gasteiger partial charge on any atom is -0.324 e. The molecule has 0 fully saturated rings. The molecule has 2 unspecified atom stereocenters. The third-order valence-corrected chi connectivity index (χ3v) is 4.70. The molecule has 2 rings (SSSR count). The van der Waals surface area contributed by atoms with E-state index in [1.54, 1.807) is 0 Å². The predicted molar refractivity (Wildman–Crippen MR) is 71.5 cm³/mol. The lowest BCUT2D eigenvalue weighted by Crippen LogP contribution is -2.14. The van der Waals surface area contributed by atoms with Crippen molar-refractivity contribution in [3.8, 4) is 0 Å². The van der Waals surface area contributed by atoms with Crippen LogP contribution < -0.4 is 5.73 Å². The molecule has 0 spiro atoms. The highest BCUT2D eigenvalue weighted by atomic mass is 79.9. The summed E-state index contributed by atoms with van der Waals surface area (Å²) in [4.78, 5) is 0. The molecule has 1 nitrogen and oxygen atoms in total. The molecule has 4 heteroatoms. The SMILES string of the molecule is CC1CC(N)c2cc(Br)cc(Cl)c2CS1. The summed E-state index contributed by atoms with van der Waals surface area (Å²) in [5, 5.41) is 1.43. The molecule has 15 heavy (non-hydrogen) atoms. The molecule has 0 bridgehead atoms. The largest absolute Gasteiger partial charge is 0.324 e. The van der Waals surface area contributed by atoms with Gasteiger partial charge < -0.3 is 5.73 Å². The second kappa shape index (κ2) is 4.66. The fraction of sp³-hybridized carbons (Fsp3) is 0.455. The molecule has 2 atom stereocenters. The number of benzene rings is 1. The van der Waals surface area contributed by atoms with Gasteiger partial charge in [0.15, 0.2) is 0 Å². The van der Waals surface area contributed by atoms with Crippen molar-refractivity contribution in [2.45, 2.75) is 30.4 Å². The zero-order chi connectivity index (χ0) is 11.0. The first-order chi connectivity index (χ1) is 7.08. The second-order valence-corrected chi connectivity index (χ2v) is 6.67. The molecule has 0 amide bonds. The van der Waals surface area contributed by atoms with Crippen LogP contribution in [0.4, 0.5) is 0 Å². The Kier molecular flexibility index (Phi) is 3.66.